The Morgan fingerprint density at radius 3 is 1.47 bits per heavy atom. The van der Waals surface area contributed by atoms with Gasteiger partial charge in [-0.05, 0) is 24.5 Å². The van der Waals surface area contributed by atoms with Gasteiger partial charge in [0.25, 0.3) is 0 Å². The summed E-state index contributed by atoms with van der Waals surface area (Å²) in [6.45, 7) is 2.28. The topological polar surface area (TPSA) is 0 Å². The Balaban J connectivity index is 2.15. The lowest BCUT2D eigenvalue weighted by Crippen LogP contribution is -2.17. The van der Waals surface area contributed by atoms with Gasteiger partial charge in [-0.1, -0.05) is 76.6 Å². The summed E-state index contributed by atoms with van der Waals surface area (Å²) >= 11 is 3.88. The zero-order valence-corrected chi connectivity index (χ0v) is 11.4. The molecule has 1 aliphatic rings. The van der Waals surface area contributed by atoms with Crippen molar-refractivity contribution in [3.63, 3.8) is 0 Å². The molecule has 3 rings (SSSR count). The maximum Gasteiger partial charge on any atom is 0.0379 e. The maximum atomic E-state index is 3.88. The third kappa shape index (κ3) is 1.56. The molecule has 0 aliphatic heterocycles. The molecule has 0 nitrogen and oxygen atoms in total. The van der Waals surface area contributed by atoms with Crippen LogP contribution < -0.4 is 0 Å². The molecule has 86 valence electrons. The highest BCUT2D eigenvalue weighted by molar-refractivity contribution is 9.10. The molecule has 0 spiro atoms. The molecule has 17 heavy (non-hydrogen) atoms. The Hall–Kier alpha value is -1.08. The minimum absolute atomic E-state index is 0.148. The van der Waals surface area contributed by atoms with E-state index in [-0.39, 0.29) is 9.74 Å². The highest BCUT2D eigenvalue weighted by atomic mass is 79.9. The van der Waals surface area contributed by atoms with Gasteiger partial charge in [0.2, 0.25) is 0 Å². The van der Waals surface area contributed by atoms with Crippen LogP contribution >= 0.6 is 15.9 Å². The lowest BCUT2D eigenvalue weighted by Gasteiger charge is -2.20. The van der Waals surface area contributed by atoms with Gasteiger partial charge in [-0.15, -0.1) is 0 Å². The molecule has 2 aromatic carbocycles. The first-order chi connectivity index (χ1) is 8.17. The van der Waals surface area contributed by atoms with Crippen LogP contribution in [-0.2, 0) is 5.41 Å². The van der Waals surface area contributed by atoms with E-state index in [2.05, 4.69) is 83.5 Å². The summed E-state index contributed by atoms with van der Waals surface area (Å²) in [6, 6.07) is 21.6. The molecule has 0 radical (unpaired) electrons. The van der Waals surface area contributed by atoms with Gasteiger partial charge in [-0.25, -0.2) is 0 Å². The van der Waals surface area contributed by atoms with Crippen molar-refractivity contribution in [3.05, 3.63) is 71.8 Å². The van der Waals surface area contributed by atoms with Crippen molar-refractivity contribution in [1.82, 2.24) is 0 Å². The lowest BCUT2D eigenvalue weighted by molar-refractivity contribution is 0.788. The van der Waals surface area contributed by atoms with E-state index in [1.54, 1.807) is 0 Å². The molecule has 1 heteroatoms. The van der Waals surface area contributed by atoms with Crippen LogP contribution in [0, 0.1) is 0 Å². The fourth-order valence-electron chi connectivity index (χ4n) is 2.87. The molecule has 1 aliphatic carbocycles. The van der Waals surface area contributed by atoms with Gasteiger partial charge in [0, 0.05) is 9.74 Å². The predicted octanol–water partition coefficient (Wildman–Crippen LogP) is 4.53. The summed E-state index contributed by atoms with van der Waals surface area (Å²) in [5.74, 6) is 0. The molecular formula is C16H15Br. The zero-order valence-electron chi connectivity index (χ0n) is 9.86. The normalized spacial score (nSPS) is 25.5. The van der Waals surface area contributed by atoms with Gasteiger partial charge in [0.15, 0.2) is 0 Å². The Kier molecular flexibility index (Phi) is 2.41. The highest BCUT2D eigenvalue weighted by Gasteiger charge is 2.64. The molecule has 0 amide bonds. The van der Waals surface area contributed by atoms with Gasteiger partial charge in [0.1, 0.15) is 0 Å². The average Bonchev–Trinajstić information content (AvgIpc) is 2.96. The first-order valence-electron chi connectivity index (χ1n) is 5.97. The van der Waals surface area contributed by atoms with Crippen molar-refractivity contribution in [2.24, 2.45) is 0 Å². The SMILES string of the molecule is C[C@]1(Br)CC1(c1ccccc1)c1ccccc1. The predicted molar refractivity (Wildman–Crippen MR) is 75.6 cm³/mol. The number of rotatable bonds is 2. The summed E-state index contributed by atoms with van der Waals surface area (Å²) in [5, 5.41) is 0. The molecule has 0 unspecified atom stereocenters. The van der Waals surface area contributed by atoms with Crippen LogP contribution in [0.25, 0.3) is 0 Å². The molecule has 0 saturated heterocycles. The van der Waals surface area contributed by atoms with Gasteiger partial charge in [-0.2, -0.15) is 0 Å². The van der Waals surface area contributed by atoms with Crippen LogP contribution in [0.3, 0.4) is 0 Å². The van der Waals surface area contributed by atoms with Crippen LogP contribution in [0.1, 0.15) is 24.5 Å². The Bertz CT molecular complexity index is 474. The third-order valence-electron chi connectivity index (χ3n) is 3.90. The Morgan fingerprint density at radius 1 is 0.824 bits per heavy atom. The van der Waals surface area contributed by atoms with Crippen molar-refractivity contribution in [2.45, 2.75) is 23.1 Å². The van der Waals surface area contributed by atoms with Crippen LogP contribution in [0.15, 0.2) is 60.7 Å². The molecular weight excluding hydrogens is 272 g/mol. The molecule has 1 saturated carbocycles. The zero-order chi connectivity index (χ0) is 11.9. The van der Waals surface area contributed by atoms with E-state index in [4.69, 9.17) is 0 Å². The third-order valence-corrected chi connectivity index (χ3v) is 4.85. The molecule has 1 atom stereocenters. The fraction of sp³-hybridized carbons (Fsp3) is 0.250. The van der Waals surface area contributed by atoms with E-state index >= 15 is 0 Å². The van der Waals surface area contributed by atoms with Gasteiger partial charge < -0.3 is 0 Å². The summed E-state index contributed by atoms with van der Waals surface area (Å²) in [6.07, 6.45) is 1.16. The van der Waals surface area contributed by atoms with Crippen molar-refractivity contribution < 1.29 is 0 Å². The van der Waals surface area contributed by atoms with Crippen molar-refractivity contribution in [2.75, 3.05) is 0 Å². The number of hydrogen-bond donors (Lipinski definition) is 0. The number of hydrogen-bond acceptors (Lipinski definition) is 0. The van der Waals surface area contributed by atoms with Crippen molar-refractivity contribution >= 4 is 15.9 Å². The van der Waals surface area contributed by atoms with E-state index in [0.29, 0.717) is 0 Å². The standard InChI is InChI=1S/C16H15Br/c1-15(17)12-16(15,13-8-4-2-5-9-13)14-10-6-3-7-11-14/h2-11H,12H2,1H3/t15-/m0/s1. The minimum Gasteiger partial charge on any atom is -0.0842 e. The second-order valence-corrected chi connectivity index (χ2v) is 6.76. The quantitative estimate of drug-likeness (QED) is 0.712. The average molecular weight is 287 g/mol. The minimum atomic E-state index is 0.148. The highest BCUT2D eigenvalue weighted by Crippen LogP contribution is 2.66. The molecule has 0 bridgehead atoms. The van der Waals surface area contributed by atoms with Gasteiger partial charge in [0.05, 0.1) is 0 Å². The van der Waals surface area contributed by atoms with Crippen LogP contribution in [0.2, 0.25) is 0 Å². The second-order valence-electron chi connectivity index (χ2n) is 5.01. The van der Waals surface area contributed by atoms with Crippen molar-refractivity contribution in [3.8, 4) is 0 Å². The summed E-state index contributed by atoms with van der Waals surface area (Å²) < 4.78 is 0.183. The van der Waals surface area contributed by atoms with E-state index < -0.39 is 0 Å². The largest absolute Gasteiger partial charge is 0.0842 e. The number of alkyl halides is 1. The Morgan fingerprint density at radius 2 is 1.18 bits per heavy atom. The van der Waals surface area contributed by atoms with Crippen molar-refractivity contribution in [1.29, 1.82) is 0 Å². The smallest absolute Gasteiger partial charge is 0.0379 e. The van der Waals surface area contributed by atoms with Crippen LogP contribution in [-0.4, -0.2) is 4.32 Å². The summed E-state index contributed by atoms with van der Waals surface area (Å²) in [4.78, 5) is 0. The van der Waals surface area contributed by atoms with E-state index in [1.807, 2.05) is 0 Å². The first kappa shape index (κ1) is 11.0. The van der Waals surface area contributed by atoms with Crippen LogP contribution in [0.5, 0.6) is 0 Å². The monoisotopic (exact) mass is 286 g/mol. The van der Waals surface area contributed by atoms with Gasteiger partial charge >= 0.3 is 0 Å². The van der Waals surface area contributed by atoms with Crippen LogP contribution in [0.4, 0.5) is 0 Å². The van der Waals surface area contributed by atoms with E-state index in [9.17, 15) is 0 Å². The fourth-order valence-corrected chi connectivity index (χ4v) is 3.75. The van der Waals surface area contributed by atoms with E-state index in [1.165, 1.54) is 11.1 Å². The number of benzene rings is 2. The summed E-state index contributed by atoms with van der Waals surface area (Å²) in [7, 11) is 0. The molecule has 0 N–H and O–H groups in total. The van der Waals surface area contributed by atoms with E-state index in [0.717, 1.165) is 6.42 Å². The molecule has 0 heterocycles. The molecule has 2 aromatic rings. The van der Waals surface area contributed by atoms with Gasteiger partial charge in [-0.3, -0.25) is 0 Å². The second kappa shape index (κ2) is 3.71. The maximum absolute atomic E-state index is 3.88. The Labute approximate surface area is 111 Å². The first-order valence-corrected chi connectivity index (χ1v) is 6.76. The number of halogens is 1. The summed E-state index contributed by atoms with van der Waals surface area (Å²) in [5.41, 5.74) is 2.96. The lowest BCUT2D eigenvalue weighted by atomic mass is 9.86. The molecule has 1 fully saturated rings. The molecule has 0 aromatic heterocycles.